The van der Waals surface area contributed by atoms with Gasteiger partial charge < -0.3 is 14.7 Å². The molecule has 0 atom stereocenters. The standard InChI is InChI=1S/C15H12F4N4O/c16-9-4-11-12(5-10(9)17)23(8-1-2-8)14(21-11)7-3-13(22-20-6-7)24-15(18)19/h3-6,8,15,20,22H,1-2H2. The van der Waals surface area contributed by atoms with Gasteiger partial charge in [0, 0.05) is 36.0 Å². The highest BCUT2D eigenvalue weighted by atomic mass is 19.3. The molecule has 0 unspecified atom stereocenters. The molecule has 0 radical (unpaired) electrons. The van der Waals surface area contributed by atoms with Gasteiger partial charge in [-0.05, 0) is 12.8 Å². The van der Waals surface area contributed by atoms with E-state index in [1.165, 1.54) is 12.3 Å². The summed E-state index contributed by atoms with van der Waals surface area (Å²) in [5, 5.41) is 0. The minimum atomic E-state index is -2.98. The van der Waals surface area contributed by atoms with Gasteiger partial charge in [0.1, 0.15) is 5.82 Å². The molecule has 2 aliphatic rings. The van der Waals surface area contributed by atoms with Gasteiger partial charge in [0.25, 0.3) is 0 Å². The van der Waals surface area contributed by atoms with Crippen molar-refractivity contribution in [3.8, 4) is 0 Å². The molecule has 1 aromatic heterocycles. The highest BCUT2D eigenvalue weighted by Gasteiger charge is 2.30. The van der Waals surface area contributed by atoms with E-state index in [2.05, 4.69) is 20.6 Å². The molecule has 1 aliphatic carbocycles. The van der Waals surface area contributed by atoms with Crippen molar-refractivity contribution in [2.45, 2.75) is 25.5 Å². The predicted octanol–water partition coefficient (Wildman–Crippen LogP) is 3.18. The summed E-state index contributed by atoms with van der Waals surface area (Å²) in [5.41, 5.74) is 6.28. The molecule has 2 N–H and O–H groups in total. The van der Waals surface area contributed by atoms with Crippen LogP contribution in [0, 0.1) is 11.6 Å². The summed E-state index contributed by atoms with van der Waals surface area (Å²) in [5.74, 6) is -1.68. The first-order valence-corrected chi connectivity index (χ1v) is 7.28. The number of ether oxygens (including phenoxy) is 1. The van der Waals surface area contributed by atoms with E-state index in [-0.39, 0.29) is 11.9 Å². The average molecular weight is 340 g/mol. The minimum absolute atomic E-state index is 0.124. The summed E-state index contributed by atoms with van der Waals surface area (Å²) in [6.45, 7) is -2.98. The number of nitrogens with one attached hydrogen (secondary N) is 2. The number of halogens is 4. The largest absolute Gasteiger partial charge is 0.418 e. The first-order valence-electron chi connectivity index (χ1n) is 7.28. The maximum absolute atomic E-state index is 13.6. The molecule has 0 bridgehead atoms. The van der Waals surface area contributed by atoms with Gasteiger partial charge in [-0.15, -0.1) is 0 Å². The SMILES string of the molecule is Fc1cc2nc(C3=CNNC(OC(F)F)=C3)n(C3CC3)c2cc1F. The number of fused-ring (bicyclic) bond motifs is 1. The lowest BCUT2D eigenvalue weighted by Crippen LogP contribution is -2.31. The Morgan fingerprint density at radius 2 is 1.96 bits per heavy atom. The van der Waals surface area contributed by atoms with Gasteiger partial charge in [0.15, 0.2) is 11.6 Å². The Hall–Kier alpha value is -2.71. The normalized spacial score (nSPS) is 17.4. The van der Waals surface area contributed by atoms with Gasteiger partial charge in [-0.25, -0.2) is 13.8 Å². The first kappa shape index (κ1) is 14.9. The van der Waals surface area contributed by atoms with E-state index in [4.69, 9.17) is 0 Å². The van der Waals surface area contributed by atoms with Crippen molar-refractivity contribution in [2.75, 3.05) is 0 Å². The number of aromatic nitrogens is 2. The summed E-state index contributed by atoms with van der Waals surface area (Å²) in [4.78, 5) is 4.35. The molecule has 0 saturated heterocycles. The lowest BCUT2D eigenvalue weighted by Gasteiger charge is -2.18. The zero-order chi connectivity index (χ0) is 16.8. The highest BCUT2D eigenvalue weighted by molar-refractivity contribution is 5.83. The van der Waals surface area contributed by atoms with E-state index in [1.54, 1.807) is 4.57 Å². The van der Waals surface area contributed by atoms with E-state index in [0.29, 0.717) is 22.4 Å². The van der Waals surface area contributed by atoms with Crippen LogP contribution >= 0.6 is 0 Å². The second kappa shape index (κ2) is 5.43. The number of alkyl halides is 2. The summed E-state index contributed by atoms with van der Waals surface area (Å²) >= 11 is 0. The average Bonchev–Trinajstić information content (AvgIpc) is 3.30. The Labute approximate surface area is 133 Å². The van der Waals surface area contributed by atoms with Gasteiger partial charge in [-0.2, -0.15) is 8.78 Å². The fourth-order valence-electron chi connectivity index (χ4n) is 2.69. The predicted molar refractivity (Wildman–Crippen MR) is 77.3 cm³/mol. The third kappa shape index (κ3) is 2.55. The monoisotopic (exact) mass is 340 g/mol. The van der Waals surface area contributed by atoms with Crippen LogP contribution < -0.4 is 10.9 Å². The zero-order valence-electron chi connectivity index (χ0n) is 12.2. The van der Waals surface area contributed by atoms with Crippen molar-refractivity contribution in [1.82, 2.24) is 20.4 Å². The van der Waals surface area contributed by atoms with Crippen molar-refractivity contribution in [3.63, 3.8) is 0 Å². The molecule has 0 amide bonds. The van der Waals surface area contributed by atoms with Gasteiger partial charge in [-0.3, -0.25) is 5.43 Å². The van der Waals surface area contributed by atoms with Gasteiger partial charge in [0.05, 0.1) is 11.0 Å². The number of benzene rings is 1. The van der Waals surface area contributed by atoms with Gasteiger partial charge in [-0.1, -0.05) is 0 Å². The summed E-state index contributed by atoms with van der Waals surface area (Å²) in [6.07, 6.45) is 4.65. The van der Waals surface area contributed by atoms with Crippen molar-refractivity contribution in [2.24, 2.45) is 0 Å². The number of hydrazine groups is 1. The number of nitrogens with zero attached hydrogens (tertiary/aromatic N) is 2. The van der Waals surface area contributed by atoms with E-state index in [1.807, 2.05) is 0 Å². The first-order chi connectivity index (χ1) is 11.5. The van der Waals surface area contributed by atoms with Crippen LogP contribution in [0.4, 0.5) is 17.6 Å². The van der Waals surface area contributed by atoms with Crippen LogP contribution in [0.2, 0.25) is 0 Å². The Morgan fingerprint density at radius 3 is 2.67 bits per heavy atom. The lowest BCUT2D eigenvalue weighted by molar-refractivity contribution is -0.103. The van der Waals surface area contributed by atoms with Crippen molar-refractivity contribution in [1.29, 1.82) is 0 Å². The molecule has 1 fully saturated rings. The number of hydrogen-bond donors (Lipinski definition) is 2. The van der Waals surface area contributed by atoms with Crippen molar-refractivity contribution in [3.05, 3.63) is 47.8 Å². The summed E-state index contributed by atoms with van der Waals surface area (Å²) in [6, 6.07) is 2.26. The lowest BCUT2D eigenvalue weighted by atomic mass is 10.2. The molecule has 2 heterocycles. The Balaban J connectivity index is 1.83. The second-order valence-corrected chi connectivity index (χ2v) is 5.55. The van der Waals surface area contributed by atoms with Crippen LogP contribution in [-0.4, -0.2) is 16.2 Å². The molecular formula is C15H12F4N4O. The Morgan fingerprint density at radius 1 is 1.21 bits per heavy atom. The maximum Gasteiger partial charge on any atom is 0.388 e. The topological polar surface area (TPSA) is 51.1 Å². The molecule has 1 aromatic carbocycles. The smallest absolute Gasteiger partial charge is 0.388 e. The minimum Gasteiger partial charge on any atom is -0.418 e. The molecule has 126 valence electrons. The molecular weight excluding hydrogens is 328 g/mol. The van der Waals surface area contributed by atoms with Crippen molar-refractivity contribution >= 4 is 16.6 Å². The molecule has 24 heavy (non-hydrogen) atoms. The van der Waals surface area contributed by atoms with E-state index >= 15 is 0 Å². The number of hydrogen-bond acceptors (Lipinski definition) is 4. The third-order valence-electron chi connectivity index (χ3n) is 3.83. The quantitative estimate of drug-likeness (QED) is 0.840. The molecule has 1 saturated carbocycles. The Bertz CT molecular complexity index is 870. The van der Waals surface area contributed by atoms with Gasteiger partial charge in [0.2, 0.25) is 5.88 Å². The van der Waals surface area contributed by atoms with Crippen LogP contribution in [-0.2, 0) is 4.74 Å². The molecule has 9 heteroatoms. The van der Waals surface area contributed by atoms with Crippen LogP contribution in [0.15, 0.2) is 30.3 Å². The molecule has 5 nitrogen and oxygen atoms in total. The highest BCUT2D eigenvalue weighted by Crippen LogP contribution is 2.40. The Kier molecular flexibility index (Phi) is 3.36. The van der Waals surface area contributed by atoms with Crippen LogP contribution in [0.25, 0.3) is 16.6 Å². The third-order valence-corrected chi connectivity index (χ3v) is 3.83. The van der Waals surface area contributed by atoms with Crippen LogP contribution in [0.1, 0.15) is 24.7 Å². The molecule has 2 aromatic rings. The van der Waals surface area contributed by atoms with E-state index in [0.717, 1.165) is 25.0 Å². The maximum atomic E-state index is 13.6. The molecule has 1 aliphatic heterocycles. The van der Waals surface area contributed by atoms with Crippen LogP contribution in [0.3, 0.4) is 0 Å². The fourth-order valence-corrected chi connectivity index (χ4v) is 2.69. The molecule has 4 rings (SSSR count). The van der Waals surface area contributed by atoms with E-state index < -0.39 is 18.2 Å². The fraction of sp³-hybridized carbons (Fsp3) is 0.267. The van der Waals surface area contributed by atoms with Crippen LogP contribution in [0.5, 0.6) is 0 Å². The summed E-state index contributed by atoms with van der Waals surface area (Å²) < 4.78 is 57.9. The van der Waals surface area contributed by atoms with Crippen molar-refractivity contribution < 1.29 is 22.3 Å². The number of rotatable bonds is 4. The number of allylic oxidation sites excluding steroid dienone is 2. The van der Waals surface area contributed by atoms with E-state index in [9.17, 15) is 17.6 Å². The van der Waals surface area contributed by atoms with Gasteiger partial charge >= 0.3 is 6.61 Å². The second-order valence-electron chi connectivity index (χ2n) is 5.55. The zero-order valence-corrected chi connectivity index (χ0v) is 12.2. The summed E-state index contributed by atoms with van der Waals surface area (Å²) in [7, 11) is 0. The molecule has 0 spiro atoms. The number of imidazole rings is 1.